The molecule has 84 valence electrons. The third-order valence-electron chi connectivity index (χ3n) is 2.07. The van der Waals surface area contributed by atoms with Gasteiger partial charge in [-0.15, -0.1) is 0 Å². The second-order valence-electron chi connectivity index (χ2n) is 3.78. The van der Waals surface area contributed by atoms with Crippen LogP contribution in [0.4, 0.5) is 0 Å². The number of hydrogen-bond acceptors (Lipinski definition) is 3. The molecule has 2 rings (SSSR count). The van der Waals surface area contributed by atoms with Crippen LogP contribution in [0.15, 0.2) is 28.7 Å². The molecule has 0 aliphatic rings. The fraction of sp³-hybridized carbons (Fsp3) is 0.250. The number of carbonyl (C=O) groups is 1. The van der Waals surface area contributed by atoms with Crippen molar-refractivity contribution in [3.63, 3.8) is 0 Å². The van der Waals surface area contributed by atoms with Crippen molar-refractivity contribution in [1.29, 1.82) is 0 Å². The van der Waals surface area contributed by atoms with E-state index in [0.717, 1.165) is 5.39 Å². The third kappa shape index (κ3) is 2.00. The average molecular weight is 220 g/mol. The molecule has 0 bridgehead atoms. The van der Waals surface area contributed by atoms with Gasteiger partial charge in [-0.3, -0.25) is 0 Å². The Morgan fingerprint density at radius 2 is 2.12 bits per heavy atom. The summed E-state index contributed by atoms with van der Waals surface area (Å²) < 4.78 is 10.6. The predicted octanol–water partition coefficient (Wildman–Crippen LogP) is 2.92. The van der Waals surface area contributed by atoms with Crippen LogP contribution in [0.5, 0.6) is 5.75 Å². The number of carboxylic acids is 1. The van der Waals surface area contributed by atoms with Gasteiger partial charge in [-0.05, 0) is 38.1 Å². The van der Waals surface area contributed by atoms with Gasteiger partial charge in [-0.25, -0.2) is 4.79 Å². The Kier molecular flexibility index (Phi) is 2.56. The number of hydrogen-bond donors (Lipinski definition) is 1. The molecular weight excluding hydrogens is 208 g/mol. The summed E-state index contributed by atoms with van der Waals surface area (Å²) in [5.41, 5.74) is 0.550. The van der Waals surface area contributed by atoms with Gasteiger partial charge in [-0.1, -0.05) is 0 Å². The van der Waals surface area contributed by atoms with Crippen LogP contribution in [0.3, 0.4) is 0 Å². The third-order valence-corrected chi connectivity index (χ3v) is 2.07. The molecule has 0 unspecified atom stereocenters. The first-order valence-electron chi connectivity index (χ1n) is 5.00. The van der Waals surface area contributed by atoms with Crippen LogP contribution >= 0.6 is 0 Å². The maximum absolute atomic E-state index is 10.7. The first kappa shape index (κ1) is 10.5. The van der Waals surface area contributed by atoms with Gasteiger partial charge >= 0.3 is 5.97 Å². The summed E-state index contributed by atoms with van der Waals surface area (Å²) in [6, 6.07) is 6.73. The number of benzene rings is 1. The van der Waals surface area contributed by atoms with E-state index in [1.54, 1.807) is 18.2 Å². The SMILES string of the molecule is CC(C)Oc1ccc2oc(C(=O)O)cc2c1. The van der Waals surface area contributed by atoms with Gasteiger partial charge in [-0.2, -0.15) is 0 Å². The summed E-state index contributed by atoms with van der Waals surface area (Å²) in [5.74, 6) is -0.417. The van der Waals surface area contributed by atoms with E-state index in [2.05, 4.69) is 0 Å². The summed E-state index contributed by atoms with van der Waals surface area (Å²) >= 11 is 0. The van der Waals surface area contributed by atoms with Crippen molar-refractivity contribution in [2.75, 3.05) is 0 Å². The highest BCUT2D eigenvalue weighted by atomic mass is 16.5. The summed E-state index contributed by atoms with van der Waals surface area (Å²) in [7, 11) is 0. The number of ether oxygens (including phenoxy) is 1. The Labute approximate surface area is 92.4 Å². The molecular formula is C12H12O4. The van der Waals surface area contributed by atoms with Crippen LogP contribution in [0.1, 0.15) is 24.4 Å². The minimum atomic E-state index is -1.07. The number of fused-ring (bicyclic) bond motifs is 1. The summed E-state index contributed by atoms with van der Waals surface area (Å²) in [4.78, 5) is 10.7. The van der Waals surface area contributed by atoms with E-state index >= 15 is 0 Å². The zero-order chi connectivity index (χ0) is 11.7. The van der Waals surface area contributed by atoms with Crippen molar-refractivity contribution in [3.05, 3.63) is 30.0 Å². The van der Waals surface area contributed by atoms with Crippen LogP contribution in [-0.2, 0) is 0 Å². The van der Waals surface area contributed by atoms with Crippen LogP contribution < -0.4 is 4.74 Å². The van der Waals surface area contributed by atoms with Gasteiger partial charge in [0.2, 0.25) is 5.76 Å². The lowest BCUT2D eigenvalue weighted by atomic mass is 10.2. The van der Waals surface area contributed by atoms with Crippen LogP contribution in [0.2, 0.25) is 0 Å². The monoisotopic (exact) mass is 220 g/mol. The standard InChI is InChI=1S/C12H12O4/c1-7(2)15-9-3-4-10-8(5-9)6-11(16-10)12(13)14/h3-7H,1-2H3,(H,13,14). The second kappa shape index (κ2) is 3.89. The smallest absolute Gasteiger partial charge is 0.371 e. The van der Waals surface area contributed by atoms with E-state index in [9.17, 15) is 4.79 Å². The minimum Gasteiger partial charge on any atom is -0.491 e. The second-order valence-corrected chi connectivity index (χ2v) is 3.78. The molecule has 1 N–H and O–H groups in total. The Balaban J connectivity index is 2.41. The van der Waals surface area contributed by atoms with E-state index < -0.39 is 5.97 Å². The fourth-order valence-corrected chi connectivity index (χ4v) is 1.47. The minimum absolute atomic E-state index is 0.0586. The summed E-state index contributed by atoms with van der Waals surface area (Å²) in [6.45, 7) is 3.87. The first-order chi connectivity index (χ1) is 7.56. The predicted molar refractivity (Wildman–Crippen MR) is 58.9 cm³/mol. The zero-order valence-corrected chi connectivity index (χ0v) is 9.06. The van der Waals surface area contributed by atoms with Crippen molar-refractivity contribution in [3.8, 4) is 5.75 Å². The topological polar surface area (TPSA) is 59.7 Å². The van der Waals surface area contributed by atoms with Crippen molar-refractivity contribution in [2.24, 2.45) is 0 Å². The molecule has 4 nitrogen and oxygen atoms in total. The zero-order valence-electron chi connectivity index (χ0n) is 9.06. The first-order valence-corrected chi connectivity index (χ1v) is 5.00. The molecule has 2 aromatic rings. The normalized spacial score (nSPS) is 10.9. The number of furan rings is 1. The molecule has 0 aliphatic carbocycles. The Bertz CT molecular complexity index is 525. The molecule has 1 heterocycles. The summed E-state index contributed by atoms with van der Waals surface area (Å²) in [5, 5.41) is 9.51. The van der Waals surface area contributed by atoms with Gasteiger partial charge in [0, 0.05) is 5.39 Å². The van der Waals surface area contributed by atoms with Gasteiger partial charge in [0.1, 0.15) is 11.3 Å². The largest absolute Gasteiger partial charge is 0.491 e. The summed E-state index contributed by atoms with van der Waals surface area (Å²) in [6.07, 6.45) is 0.0864. The number of carboxylic acid groups (broad SMARTS) is 1. The van der Waals surface area contributed by atoms with E-state index in [4.69, 9.17) is 14.3 Å². The Morgan fingerprint density at radius 1 is 1.38 bits per heavy atom. The Hall–Kier alpha value is -1.97. The molecule has 0 spiro atoms. The van der Waals surface area contributed by atoms with Crippen molar-refractivity contribution in [2.45, 2.75) is 20.0 Å². The molecule has 0 radical (unpaired) electrons. The number of rotatable bonds is 3. The lowest BCUT2D eigenvalue weighted by molar-refractivity contribution is 0.0665. The highest BCUT2D eigenvalue weighted by Gasteiger charge is 2.11. The lowest BCUT2D eigenvalue weighted by Gasteiger charge is -2.08. The van der Waals surface area contributed by atoms with E-state index in [0.29, 0.717) is 11.3 Å². The van der Waals surface area contributed by atoms with Crippen molar-refractivity contribution >= 4 is 16.9 Å². The quantitative estimate of drug-likeness (QED) is 0.863. The molecule has 16 heavy (non-hydrogen) atoms. The van der Waals surface area contributed by atoms with E-state index in [1.807, 2.05) is 13.8 Å². The van der Waals surface area contributed by atoms with Gasteiger partial charge in [0.25, 0.3) is 0 Å². The lowest BCUT2D eigenvalue weighted by Crippen LogP contribution is -2.04. The Morgan fingerprint density at radius 3 is 2.75 bits per heavy atom. The van der Waals surface area contributed by atoms with Gasteiger partial charge in [0.15, 0.2) is 0 Å². The van der Waals surface area contributed by atoms with Crippen LogP contribution in [0, 0.1) is 0 Å². The van der Waals surface area contributed by atoms with Gasteiger partial charge < -0.3 is 14.3 Å². The molecule has 1 aromatic heterocycles. The molecule has 4 heteroatoms. The molecule has 0 amide bonds. The molecule has 0 fully saturated rings. The van der Waals surface area contributed by atoms with Crippen molar-refractivity contribution < 1.29 is 19.1 Å². The van der Waals surface area contributed by atoms with Crippen LogP contribution in [0.25, 0.3) is 11.0 Å². The highest BCUT2D eigenvalue weighted by molar-refractivity contribution is 5.91. The molecule has 0 aliphatic heterocycles. The van der Waals surface area contributed by atoms with E-state index in [-0.39, 0.29) is 11.9 Å². The molecule has 0 atom stereocenters. The molecule has 0 saturated carbocycles. The molecule has 1 aromatic carbocycles. The van der Waals surface area contributed by atoms with E-state index in [1.165, 1.54) is 6.07 Å². The van der Waals surface area contributed by atoms with Crippen LogP contribution in [-0.4, -0.2) is 17.2 Å². The highest BCUT2D eigenvalue weighted by Crippen LogP contribution is 2.24. The average Bonchev–Trinajstić information content (AvgIpc) is 2.59. The fourth-order valence-electron chi connectivity index (χ4n) is 1.47. The number of aromatic carboxylic acids is 1. The van der Waals surface area contributed by atoms with Gasteiger partial charge in [0.05, 0.1) is 6.10 Å². The van der Waals surface area contributed by atoms with Crippen molar-refractivity contribution in [1.82, 2.24) is 0 Å². The maximum Gasteiger partial charge on any atom is 0.371 e. The maximum atomic E-state index is 10.7. The molecule has 0 saturated heterocycles.